The van der Waals surface area contributed by atoms with Gasteiger partial charge in [0.05, 0.1) is 0 Å². The van der Waals surface area contributed by atoms with Crippen molar-refractivity contribution in [2.45, 2.75) is 0 Å². The van der Waals surface area contributed by atoms with E-state index in [9.17, 15) is 0 Å². The maximum absolute atomic E-state index is 6.50. The first-order valence-corrected chi connectivity index (χ1v) is 14.1. The molecule has 0 heterocycles. The Balaban J connectivity index is 2.32. The van der Waals surface area contributed by atoms with Crippen molar-refractivity contribution in [3.05, 3.63) is 70.4 Å². The fourth-order valence-corrected chi connectivity index (χ4v) is 8.68. The zero-order chi connectivity index (χ0) is 13.0. The molecule has 0 aliphatic heterocycles. The molecule has 0 nitrogen and oxygen atoms in total. The second-order valence-corrected chi connectivity index (χ2v) is 16.6. The molecule has 0 aromatic heterocycles. The summed E-state index contributed by atoms with van der Waals surface area (Å²) in [6.45, 7) is 0. The topological polar surface area (TPSA) is 0 Å². The van der Waals surface area contributed by atoms with E-state index in [4.69, 9.17) is 29.5 Å². The van der Waals surface area contributed by atoms with E-state index in [1.807, 2.05) is 64.8 Å². The Hall–Kier alpha value is -0.160. The molecular formula is C14H11Cl3Te. The van der Waals surface area contributed by atoms with Crippen LogP contribution in [0.5, 0.6) is 0 Å². The van der Waals surface area contributed by atoms with E-state index < -0.39 is 15.9 Å². The normalized spacial score (nSPS) is 13.4. The van der Waals surface area contributed by atoms with Gasteiger partial charge in [0.1, 0.15) is 0 Å². The summed E-state index contributed by atoms with van der Waals surface area (Å²) < 4.78 is 2.82. The van der Waals surface area contributed by atoms with Crippen LogP contribution in [0.3, 0.4) is 0 Å². The van der Waals surface area contributed by atoms with Gasteiger partial charge in [-0.1, -0.05) is 0 Å². The Kier molecular flexibility index (Phi) is 5.01. The van der Waals surface area contributed by atoms with Crippen molar-refractivity contribution < 1.29 is 0 Å². The molecule has 18 heavy (non-hydrogen) atoms. The van der Waals surface area contributed by atoms with Crippen molar-refractivity contribution >= 4 is 54.1 Å². The van der Waals surface area contributed by atoms with Gasteiger partial charge in [-0.25, -0.2) is 0 Å². The van der Waals surface area contributed by atoms with Crippen molar-refractivity contribution in [3.63, 3.8) is 0 Å². The van der Waals surface area contributed by atoms with E-state index >= 15 is 0 Å². The van der Waals surface area contributed by atoms with Gasteiger partial charge in [0.15, 0.2) is 0 Å². The SMILES string of the molecule is Cl/C(=C\[Te](Cl)(Cl)c1ccccc1)c1ccccc1. The third-order valence-corrected chi connectivity index (χ3v) is 10.8. The van der Waals surface area contributed by atoms with Gasteiger partial charge in [-0.2, -0.15) is 0 Å². The van der Waals surface area contributed by atoms with E-state index in [0.29, 0.717) is 5.03 Å². The Morgan fingerprint density at radius 1 is 0.833 bits per heavy atom. The number of halogens is 3. The third-order valence-electron chi connectivity index (χ3n) is 2.36. The van der Waals surface area contributed by atoms with E-state index in [-0.39, 0.29) is 0 Å². The molecule has 2 aromatic rings. The summed E-state index contributed by atoms with van der Waals surface area (Å²) in [6, 6.07) is 19.4. The van der Waals surface area contributed by atoms with Gasteiger partial charge in [0.2, 0.25) is 0 Å². The summed E-state index contributed by atoms with van der Waals surface area (Å²) in [5.41, 5.74) is 0.937. The zero-order valence-corrected chi connectivity index (χ0v) is 14.0. The van der Waals surface area contributed by atoms with E-state index in [0.717, 1.165) is 9.17 Å². The summed E-state index contributed by atoms with van der Waals surface area (Å²) in [7, 11) is 13.0. The molecule has 0 bridgehead atoms. The minimum absolute atomic E-state index is 0.616. The summed E-state index contributed by atoms with van der Waals surface area (Å²) in [5, 5.41) is 0.616. The Labute approximate surface area is 123 Å². The zero-order valence-electron chi connectivity index (χ0n) is 9.39. The monoisotopic (exact) mass is 414 g/mol. The molecule has 4 heteroatoms. The molecular weight excluding hydrogens is 402 g/mol. The standard InChI is InChI=1S/C14H11Cl3Te/c15-14(12-7-3-1-4-8-12)11-18(16,17)13-9-5-2-6-10-13/h1-11H/b14-11-. The van der Waals surface area contributed by atoms with Crippen molar-refractivity contribution in [3.8, 4) is 0 Å². The van der Waals surface area contributed by atoms with E-state index in [1.165, 1.54) is 0 Å². The van der Waals surface area contributed by atoms with Crippen LogP contribution in [-0.4, -0.2) is 15.9 Å². The molecule has 0 N–H and O–H groups in total. The Bertz CT molecular complexity index is 535. The molecule has 0 spiro atoms. The maximum atomic E-state index is 6.50. The van der Waals surface area contributed by atoms with Gasteiger partial charge in [0, 0.05) is 0 Å². The molecule has 0 radical (unpaired) electrons. The van der Waals surface area contributed by atoms with Crippen molar-refractivity contribution in [1.29, 1.82) is 0 Å². The predicted molar refractivity (Wildman–Crippen MR) is 83.8 cm³/mol. The summed E-state index contributed by atoms with van der Waals surface area (Å²) >= 11 is 3.04. The molecule has 0 saturated heterocycles. The van der Waals surface area contributed by atoms with Gasteiger partial charge < -0.3 is 0 Å². The summed E-state index contributed by atoms with van der Waals surface area (Å²) in [4.78, 5) is 0. The van der Waals surface area contributed by atoms with Gasteiger partial charge in [-0.3, -0.25) is 0 Å². The average molecular weight is 413 g/mol. The molecule has 0 fully saturated rings. The predicted octanol–water partition coefficient (Wildman–Crippen LogP) is 4.63. The van der Waals surface area contributed by atoms with Crippen molar-refractivity contribution in [2.24, 2.45) is 0 Å². The van der Waals surface area contributed by atoms with Gasteiger partial charge >= 0.3 is 124 Å². The average Bonchev–Trinajstić information content (AvgIpc) is 2.40. The van der Waals surface area contributed by atoms with Gasteiger partial charge in [-0.15, -0.1) is 0 Å². The summed E-state index contributed by atoms with van der Waals surface area (Å²) in [5.74, 6) is 0. The third kappa shape index (κ3) is 3.67. The van der Waals surface area contributed by atoms with Crippen LogP contribution in [0.25, 0.3) is 5.03 Å². The van der Waals surface area contributed by atoms with E-state index in [1.54, 1.807) is 0 Å². The minimum atomic E-state index is -3.24. The van der Waals surface area contributed by atoms with Crippen LogP contribution in [-0.2, 0) is 0 Å². The first-order chi connectivity index (χ1) is 8.59. The Morgan fingerprint density at radius 2 is 1.33 bits per heavy atom. The number of rotatable bonds is 3. The molecule has 2 rings (SSSR count). The second-order valence-electron chi connectivity index (χ2n) is 3.65. The molecule has 2 aromatic carbocycles. The van der Waals surface area contributed by atoms with Crippen molar-refractivity contribution in [1.82, 2.24) is 0 Å². The van der Waals surface area contributed by atoms with Crippen LogP contribution < -0.4 is 3.61 Å². The molecule has 0 saturated carbocycles. The van der Waals surface area contributed by atoms with Crippen LogP contribution in [0.2, 0.25) is 0 Å². The van der Waals surface area contributed by atoms with Crippen LogP contribution in [0, 0.1) is 0 Å². The fourth-order valence-electron chi connectivity index (χ4n) is 1.47. The van der Waals surface area contributed by atoms with Crippen LogP contribution in [0.15, 0.2) is 64.8 Å². The van der Waals surface area contributed by atoms with Crippen LogP contribution in [0.1, 0.15) is 5.56 Å². The Morgan fingerprint density at radius 3 is 1.89 bits per heavy atom. The van der Waals surface area contributed by atoms with Crippen molar-refractivity contribution in [2.75, 3.05) is 0 Å². The van der Waals surface area contributed by atoms with E-state index in [2.05, 4.69) is 0 Å². The van der Waals surface area contributed by atoms with Crippen LogP contribution >= 0.6 is 29.5 Å². The molecule has 94 valence electrons. The molecule has 0 aliphatic rings. The molecule has 0 aliphatic carbocycles. The van der Waals surface area contributed by atoms with Gasteiger partial charge in [0.25, 0.3) is 0 Å². The fraction of sp³-hybridized carbons (Fsp3) is 0. The first-order valence-electron chi connectivity index (χ1n) is 5.30. The number of benzene rings is 2. The molecule has 0 unspecified atom stereocenters. The van der Waals surface area contributed by atoms with Gasteiger partial charge in [-0.05, 0) is 0 Å². The summed E-state index contributed by atoms with van der Waals surface area (Å²) in [6.07, 6.45) is 0. The number of hydrogen-bond donors (Lipinski definition) is 0. The number of hydrogen-bond acceptors (Lipinski definition) is 0. The quantitative estimate of drug-likeness (QED) is 0.644. The molecule has 0 atom stereocenters. The molecule has 0 amide bonds. The van der Waals surface area contributed by atoms with Crippen LogP contribution in [0.4, 0.5) is 0 Å². The second kappa shape index (κ2) is 6.33. The first kappa shape index (κ1) is 14.3.